The van der Waals surface area contributed by atoms with Crippen LogP contribution >= 0.6 is 15.9 Å². The molecule has 0 spiro atoms. The Balaban J connectivity index is 2.22. The van der Waals surface area contributed by atoms with E-state index in [0.717, 1.165) is 0 Å². The molecule has 0 aliphatic heterocycles. The number of hydrogen-bond acceptors (Lipinski definition) is 3. The molecule has 0 aliphatic rings. The first kappa shape index (κ1) is 14.8. The Morgan fingerprint density at radius 3 is 2.55 bits per heavy atom. The Kier molecular flexibility index (Phi) is 4.29. The summed E-state index contributed by atoms with van der Waals surface area (Å²) in [6, 6.07) is 2.87. The minimum Gasteiger partial charge on any atom is -0.324 e. The van der Waals surface area contributed by atoms with Gasteiger partial charge in [-0.3, -0.25) is 4.79 Å². The van der Waals surface area contributed by atoms with Gasteiger partial charge < -0.3 is 21.0 Å². The van der Waals surface area contributed by atoms with Crippen LogP contribution < -0.4 is 16.7 Å². The van der Waals surface area contributed by atoms with Gasteiger partial charge in [-0.15, -0.1) is 0 Å². The van der Waals surface area contributed by atoms with Crippen LogP contribution in [-0.2, 0) is 4.79 Å². The van der Waals surface area contributed by atoms with Gasteiger partial charge >= 0.3 is 5.69 Å². The summed E-state index contributed by atoms with van der Waals surface area (Å²) < 4.78 is 0.686. The number of imidazole rings is 1. The zero-order chi connectivity index (χ0) is 14.9. The van der Waals surface area contributed by atoms with Gasteiger partial charge in [-0.25, -0.2) is 4.79 Å². The van der Waals surface area contributed by atoms with Gasteiger partial charge in [-0.05, 0) is 40.4 Å². The molecule has 1 aromatic carbocycles. The van der Waals surface area contributed by atoms with Gasteiger partial charge in [-0.1, -0.05) is 13.8 Å². The number of amides is 1. The fraction of sp³-hybridized carbons (Fsp3) is 0.385. The number of nitrogens with one attached hydrogen (secondary N) is 3. The van der Waals surface area contributed by atoms with Gasteiger partial charge in [-0.2, -0.15) is 0 Å². The number of aromatic nitrogens is 2. The molecule has 2 rings (SSSR count). The van der Waals surface area contributed by atoms with E-state index in [2.05, 4.69) is 31.2 Å². The van der Waals surface area contributed by atoms with E-state index in [1.165, 1.54) is 0 Å². The number of hydrogen-bond donors (Lipinski definition) is 4. The van der Waals surface area contributed by atoms with E-state index in [1.807, 2.05) is 13.8 Å². The number of rotatable bonds is 4. The van der Waals surface area contributed by atoms with Gasteiger partial charge in [0, 0.05) is 4.47 Å². The molecule has 5 N–H and O–H groups in total. The molecule has 1 heterocycles. The van der Waals surface area contributed by atoms with Crippen molar-refractivity contribution >= 4 is 38.6 Å². The summed E-state index contributed by atoms with van der Waals surface area (Å²) in [6.07, 6.45) is 0.618. The molecule has 1 aromatic heterocycles. The summed E-state index contributed by atoms with van der Waals surface area (Å²) in [5.41, 5.74) is 7.44. The molecule has 1 atom stereocenters. The number of nitrogens with two attached hydrogens (primary N) is 1. The maximum absolute atomic E-state index is 12.0. The van der Waals surface area contributed by atoms with Crippen LogP contribution in [0.5, 0.6) is 0 Å². The largest absolute Gasteiger partial charge is 0.324 e. The molecular weight excluding hydrogens is 324 g/mol. The maximum atomic E-state index is 12.0. The van der Waals surface area contributed by atoms with Crippen molar-refractivity contribution in [2.24, 2.45) is 11.7 Å². The maximum Gasteiger partial charge on any atom is 0.323 e. The number of anilines is 1. The Morgan fingerprint density at radius 1 is 1.35 bits per heavy atom. The van der Waals surface area contributed by atoms with Crippen LogP contribution in [0.4, 0.5) is 5.69 Å². The average Bonchev–Trinajstić information content (AvgIpc) is 2.67. The summed E-state index contributed by atoms with van der Waals surface area (Å²) in [7, 11) is 0. The smallest absolute Gasteiger partial charge is 0.323 e. The highest BCUT2D eigenvalue weighted by molar-refractivity contribution is 9.10. The molecule has 20 heavy (non-hydrogen) atoms. The lowest BCUT2D eigenvalue weighted by molar-refractivity contribution is -0.117. The first-order chi connectivity index (χ1) is 9.36. The van der Waals surface area contributed by atoms with Crippen LogP contribution in [0.3, 0.4) is 0 Å². The summed E-state index contributed by atoms with van der Waals surface area (Å²) in [5, 5.41) is 2.77. The van der Waals surface area contributed by atoms with E-state index in [0.29, 0.717) is 33.5 Å². The summed E-state index contributed by atoms with van der Waals surface area (Å²) in [6.45, 7) is 4.03. The minimum atomic E-state index is -0.553. The SMILES string of the molecule is CC(C)CC(N)C(=O)Nc1cc2[nH]c(=O)[nH]c2cc1Br. The second-order valence-electron chi connectivity index (χ2n) is 5.18. The van der Waals surface area contributed by atoms with E-state index in [1.54, 1.807) is 12.1 Å². The number of halogens is 1. The quantitative estimate of drug-likeness (QED) is 0.683. The van der Waals surface area contributed by atoms with Gasteiger partial charge in [0.1, 0.15) is 0 Å². The van der Waals surface area contributed by atoms with Crippen LogP contribution in [0, 0.1) is 5.92 Å². The van der Waals surface area contributed by atoms with Gasteiger partial charge in [0.05, 0.1) is 22.8 Å². The molecule has 6 nitrogen and oxygen atoms in total. The number of benzene rings is 1. The van der Waals surface area contributed by atoms with Crippen molar-refractivity contribution in [2.45, 2.75) is 26.3 Å². The highest BCUT2D eigenvalue weighted by atomic mass is 79.9. The Hall–Kier alpha value is -1.60. The van der Waals surface area contributed by atoms with Crippen molar-refractivity contribution in [1.82, 2.24) is 9.97 Å². The van der Waals surface area contributed by atoms with E-state index in [-0.39, 0.29) is 11.6 Å². The molecule has 2 aromatic rings. The second kappa shape index (κ2) is 5.80. The number of carbonyl (C=O) groups is 1. The van der Waals surface area contributed by atoms with Crippen LogP contribution in [0.15, 0.2) is 21.4 Å². The monoisotopic (exact) mass is 340 g/mol. The lowest BCUT2D eigenvalue weighted by Crippen LogP contribution is -2.36. The molecule has 0 saturated heterocycles. The molecule has 1 amide bonds. The highest BCUT2D eigenvalue weighted by Gasteiger charge is 2.16. The molecule has 0 bridgehead atoms. The zero-order valence-corrected chi connectivity index (χ0v) is 12.9. The minimum absolute atomic E-state index is 0.239. The second-order valence-corrected chi connectivity index (χ2v) is 6.04. The van der Waals surface area contributed by atoms with Crippen molar-refractivity contribution in [3.8, 4) is 0 Å². The Labute approximate surface area is 124 Å². The summed E-state index contributed by atoms with van der Waals surface area (Å²) >= 11 is 3.36. The highest BCUT2D eigenvalue weighted by Crippen LogP contribution is 2.26. The summed E-state index contributed by atoms with van der Waals surface area (Å²) in [4.78, 5) is 28.5. The van der Waals surface area contributed by atoms with Crippen molar-refractivity contribution in [3.63, 3.8) is 0 Å². The zero-order valence-electron chi connectivity index (χ0n) is 11.3. The molecule has 0 saturated carbocycles. The Morgan fingerprint density at radius 2 is 1.95 bits per heavy atom. The van der Waals surface area contributed by atoms with Crippen molar-refractivity contribution in [3.05, 3.63) is 27.1 Å². The molecule has 0 radical (unpaired) electrons. The lowest BCUT2D eigenvalue weighted by atomic mass is 10.0. The number of fused-ring (bicyclic) bond motifs is 1. The van der Waals surface area contributed by atoms with E-state index < -0.39 is 6.04 Å². The first-order valence-electron chi connectivity index (χ1n) is 6.35. The standard InChI is InChI=1S/C13H17BrN4O2/c1-6(2)3-8(15)12(19)16-9-5-11-10(4-7(9)14)17-13(20)18-11/h4-6,8H,3,15H2,1-2H3,(H,16,19)(H2,17,18,20). The van der Waals surface area contributed by atoms with Crippen LogP contribution in [-0.4, -0.2) is 21.9 Å². The van der Waals surface area contributed by atoms with Gasteiger partial charge in [0.25, 0.3) is 0 Å². The summed E-state index contributed by atoms with van der Waals surface area (Å²) in [5.74, 6) is 0.110. The van der Waals surface area contributed by atoms with Gasteiger partial charge in [0.2, 0.25) is 5.91 Å². The van der Waals surface area contributed by atoms with Crippen molar-refractivity contribution < 1.29 is 4.79 Å². The van der Waals surface area contributed by atoms with Crippen LogP contribution in [0.2, 0.25) is 0 Å². The van der Waals surface area contributed by atoms with Crippen molar-refractivity contribution in [1.29, 1.82) is 0 Å². The lowest BCUT2D eigenvalue weighted by Gasteiger charge is -2.15. The predicted molar refractivity (Wildman–Crippen MR) is 82.7 cm³/mol. The number of carbonyl (C=O) groups excluding carboxylic acids is 1. The third-order valence-electron chi connectivity index (χ3n) is 2.92. The fourth-order valence-electron chi connectivity index (χ4n) is 1.99. The van der Waals surface area contributed by atoms with E-state index >= 15 is 0 Å². The molecule has 7 heteroatoms. The van der Waals surface area contributed by atoms with Crippen LogP contribution in [0.1, 0.15) is 20.3 Å². The van der Waals surface area contributed by atoms with Gasteiger partial charge in [0.15, 0.2) is 0 Å². The first-order valence-corrected chi connectivity index (χ1v) is 7.14. The van der Waals surface area contributed by atoms with Crippen LogP contribution in [0.25, 0.3) is 11.0 Å². The average molecular weight is 341 g/mol. The topological polar surface area (TPSA) is 104 Å². The number of aromatic amines is 2. The van der Waals surface area contributed by atoms with E-state index in [9.17, 15) is 9.59 Å². The normalized spacial score (nSPS) is 12.8. The van der Waals surface area contributed by atoms with Crippen molar-refractivity contribution in [2.75, 3.05) is 5.32 Å². The molecular formula is C13H17BrN4O2. The molecule has 0 fully saturated rings. The fourth-order valence-corrected chi connectivity index (χ4v) is 2.43. The molecule has 108 valence electrons. The van der Waals surface area contributed by atoms with E-state index in [4.69, 9.17) is 5.73 Å². The number of H-pyrrole nitrogens is 2. The Bertz CT molecular complexity index is 689. The predicted octanol–water partition coefficient (Wildman–Crippen LogP) is 1.93. The third kappa shape index (κ3) is 3.29. The molecule has 0 aliphatic carbocycles. The molecule has 1 unspecified atom stereocenters. The third-order valence-corrected chi connectivity index (χ3v) is 3.58.